The van der Waals surface area contributed by atoms with Gasteiger partial charge in [0.15, 0.2) is 23.1 Å². The molecular weight excluding hydrogens is 951 g/mol. The number of halogens is 1. The first-order valence-corrected chi connectivity index (χ1v) is 21.6. The van der Waals surface area contributed by atoms with E-state index >= 15 is 0 Å². The van der Waals surface area contributed by atoms with Crippen LogP contribution in [0.4, 0.5) is 17.1 Å². The number of aromatic hydroxyl groups is 1. The number of carbonyl (C=O) groups is 6. The fourth-order valence-corrected chi connectivity index (χ4v) is 7.39. The number of nitrogens with two attached hydrogens (primary N) is 1. The number of carbonyl (C=O) groups excluding carboxylic acids is 6. The summed E-state index contributed by atoms with van der Waals surface area (Å²) in [5.41, 5.74) is 12.3. The molecular formula is C53H45IN2O10. The van der Waals surface area contributed by atoms with Gasteiger partial charge < -0.3 is 30.4 Å². The highest BCUT2D eigenvalue weighted by Crippen LogP contribution is 2.39. The Bertz CT molecular complexity index is 2920. The zero-order valence-electron chi connectivity index (χ0n) is 36.4. The van der Waals surface area contributed by atoms with Crippen molar-refractivity contribution < 1.29 is 48.1 Å². The summed E-state index contributed by atoms with van der Waals surface area (Å²) in [7, 11) is 1.46. The molecule has 2 aliphatic rings. The van der Waals surface area contributed by atoms with Gasteiger partial charge in [0.05, 0.1) is 48.3 Å². The zero-order valence-corrected chi connectivity index (χ0v) is 38.5. The van der Waals surface area contributed by atoms with Crippen LogP contribution in [-0.4, -0.2) is 60.5 Å². The van der Waals surface area contributed by atoms with Crippen molar-refractivity contribution in [1.29, 1.82) is 0 Å². The van der Waals surface area contributed by atoms with E-state index in [1.54, 1.807) is 80.6 Å². The number of anilines is 3. The van der Waals surface area contributed by atoms with Crippen LogP contribution in [0.15, 0.2) is 146 Å². The van der Waals surface area contributed by atoms with Gasteiger partial charge in [0.2, 0.25) is 0 Å². The number of nitrogen functional groups attached to an aromatic ring is 1. The highest BCUT2D eigenvalue weighted by Gasteiger charge is 2.35. The van der Waals surface area contributed by atoms with E-state index in [1.807, 2.05) is 48.5 Å². The van der Waals surface area contributed by atoms with Crippen LogP contribution < -0.4 is 15.8 Å². The first-order valence-electron chi connectivity index (χ1n) is 20.6. The molecule has 0 heterocycles. The van der Waals surface area contributed by atoms with Crippen LogP contribution in [0.5, 0.6) is 11.5 Å². The van der Waals surface area contributed by atoms with E-state index in [2.05, 4.69) is 41.1 Å². The largest absolute Gasteiger partial charge is 0.507 e. The van der Waals surface area contributed by atoms with Gasteiger partial charge in [0.25, 0.3) is 0 Å². The molecule has 0 aromatic heterocycles. The number of phenolic OH excluding ortho intramolecular Hbond substituents is 1. The average molecular weight is 997 g/mol. The van der Waals surface area contributed by atoms with Gasteiger partial charge in [-0.3, -0.25) is 19.2 Å². The van der Waals surface area contributed by atoms with E-state index in [0.717, 1.165) is 12.0 Å². The quantitative estimate of drug-likeness (QED) is 0.0367. The van der Waals surface area contributed by atoms with E-state index in [0.29, 0.717) is 63.7 Å². The third-order valence-corrected chi connectivity index (χ3v) is 11.2. The highest BCUT2D eigenvalue weighted by atomic mass is 127. The Hall–Kier alpha value is -7.65. The molecule has 0 amide bonds. The summed E-state index contributed by atoms with van der Waals surface area (Å²) in [6.07, 6.45) is 1.30. The summed E-state index contributed by atoms with van der Waals surface area (Å²) in [4.78, 5) is 73.5. The second-order valence-electron chi connectivity index (χ2n) is 15.2. The molecule has 6 aromatic carbocycles. The predicted octanol–water partition coefficient (Wildman–Crippen LogP) is 9.58. The van der Waals surface area contributed by atoms with Gasteiger partial charge in [-0.15, -0.1) is 0 Å². The number of fused-ring (bicyclic) bond motifs is 4. The SMILES string of the molecule is C=C(C)C(=O)OCCc1ccc(I)cc1.C=C(C)C(=O)OCCc1ccc(Nc2ccc(O)c3c2C(=O)c2ccccc2C3=O)cc1.COc1ccc(N)c2c1C(=O)c1ccccc1C2=O. The van der Waals surface area contributed by atoms with Crippen LogP contribution in [0.3, 0.4) is 0 Å². The monoisotopic (exact) mass is 996 g/mol. The van der Waals surface area contributed by atoms with Crippen LogP contribution in [0, 0.1) is 3.57 Å². The third-order valence-electron chi connectivity index (χ3n) is 10.4. The van der Waals surface area contributed by atoms with Gasteiger partial charge >= 0.3 is 11.9 Å². The lowest BCUT2D eigenvalue weighted by Gasteiger charge is -2.21. The number of nitrogens with one attached hydrogen (secondary N) is 1. The van der Waals surface area contributed by atoms with Crippen LogP contribution in [0.1, 0.15) is 88.7 Å². The van der Waals surface area contributed by atoms with Gasteiger partial charge in [-0.25, -0.2) is 9.59 Å². The molecule has 0 bridgehead atoms. The van der Waals surface area contributed by atoms with Crippen LogP contribution in [0.2, 0.25) is 0 Å². The maximum Gasteiger partial charge on any atom is 0.333 e. The molecule has 12 nitrogen and oxygen atoms in total. The van der Waals surface area contributed by atoms with Crippen molar-refractivity contribution in [2.45, 2.75) is 26.7 Å². The Balaban J connectivity index is 0.000000180. The third kappa shape index (κ3) is 10.8. The van der Waals surface area contributed by atoms with Gasteiger partial charge in [-0.1, -0.05) is 86.0 Å². The van der Waals surface area contributed by atoms with Gasteiger partial charge in [-0.2, -0.15) is 0 Å². The van der Waals surface area contributed by atoms with Gasteiger partial charge in [0, 0.05) is 61.2 Å². The molecule has 13 heteroatoms. The second-order valence-corrected chi connectivity index (χ2v) is 16.4. The Morgan fingerprint density at radius 1 is 0.591 bits per heavy atom. The minimum Gasteiger partial charge on any atom is -0.507 e. The molecule has 66 heavy (non-hydrogen) atoms. The van der Waals surface area contributed by atoms with Crippen LogP contribution >= 0.6 is 22.6 Å². The first kappa shape index (κ1) is 47.8. The summed E-state index contributed by atoms with van der Waals surface area (Å²) in [5, 5.41) is 13.5. The summed E-state index contributed by atoms with van der Waals surface area (Å²) < 4.78 is 16.5. The van der Waals surface area contributed by atoms with E-state index in [1.165, 1.54) is 22.3 Å². The van der Waals surface area contributed by atoms with Gasteiger partial charge in [-0.05, 0) is 96.1 Å². The van der Waals surface area contributed by atoms with Crippen molar-refractivity contribution >= 4 is 74.7 Å². The smallest absolute Gasteiger partial charge is 0.333 e. The molecule has 0 atom stereocenters. The molecule has 2 aliphatic carbocycles. The molecule has 0 saturated carbocycles. The zero-order chi connectivity index (χ0) is 47.7. The average Bonchev–Trinajstić information content (AvgIpc) is 3.32. The minimum atomic E-state index is -0.416. The number of ketones is 4. The molecule has 0 fully saturated rings. The molecule has 4 N–H and O–H groups in total. The van der Waals surface area contributed by atoms with Crippen molar-refractivity contribution in [2.75, 3.05) is 31.4 Å². The Morgan fingerprint density at radius 3 is 1.50 bits per heavy atom. The van der Waals surface area contributed by atoms with Crippen molar-refractivity contribution in [1.82, 2.24) is 0 Å². The highest BCUT2D eigenvalue weighted by molar-refractivity contribution is 14.1. The normalized spacial score (nSPS) is 11.8. The van der Waals surface area contributed by atoms with Crippen molar-refractivity contribution in [2.24, 2.45) is 0 Å². The van der Waals surface area contributed by atoms with E-state index in [9.17, 15) is 33.9 Å². The maximum absolute atomic E-state index is 13.1. The lowest BCUT2D eigenvalue weighted by atomic mass is 9.82. The first-order chi connectivity index (χ1) is 31.6. The van der Waals surface area contributed by atoms with Crippen molar-refractivity contribution in [3.63, 3.8) is 0 Å². The molecule has 6 aromatic rings. The summed E-state index contributed by atoms with van der Waals surface area (Å²) in [6, 6.07) is 35.1. The molecule has 0 aliphatic heterocycles. The topological polar surface area (TPSA) is 188 Å². The minimum absolute atomic E-state index is 0.00893. The molecule has 8 rings (SSSR count). The van der Waals surface area contributed by atoms with Crippen molar-refractivity contribution in [3.05, 3.63) is 205 Å². The maximum atomic E-state index is 13.1. The number of phenols is 1. The number of hydrogen-bond acceptors (Lipinski definition) is 12. The number of esters is 2. The van der Waals surface area contributed by atoms with E-state index in [-0.39, 0.29) is 69.3 Å². The fourth-order valence-electron chi connectivity index (χ4n) is 7.03. The lowest BCUT2D eigenvalue weighted by Crippen LogP contribution is -2.23. The van der Waals surface area contributed by atoms with Crippen molar-refractivity contribution in [3.8, 4) is 11.5 Å². The molecule has 0 spiro atoms. The number of methoxy groups -OCH3 is 1. The Morgan fingerprint density at radius 2 is 1.03 bits per heavy atom. The molecule has 0 unspecified atom stereocenters. The number of hydrogen-bond donors (Lipinski definition) is 3. The molecule has 334 valence electrons. The lowest BCUT2D eigenvalue weighted by molar-refractivity contribution is -0.139. The van der Waals surface area contributed by atoms with E-state index in [4.69, 9.17) is 19.9 Å². The summed E-state index contributed by atoms with van der Waals surface area (Å²) >= 11 is 2.26. The van der Waals surface area contributed by atoms with E-state index < -0.39 is 5.97 Å². The Kier molecular flexibility index (Phi) is 15.5. The summed E-state index contributed by atoms with van der Waals surface area (Å²) in [5.74, 6) is -1.74. The van der Waals surface area contributed by atoms with Crippen LogP contribution in [-0.2, 0) is 31.9 Å². The standard InChI is InChI=1S/C26H21NO5.C15H11NO3.C12H13IO2/c1-15(2)26(31)32-14-13-16-7-9-17(10-8-16)27-20-11-12-21(28)23-22(20)24(29)18-5-3-4-6-19(18)25(23)30;1-19-11-7-6-10(16)12-13(11)15(18)9-5-3-2-4-8(9)14(12)17;1-9(2)12(14)15-8-7-10-3-5-11(13)6-4-10/h3-12,27-28H,1,13-14H2,2H3;2-7H,16H2,1H3;3-6H,1,7-8H2,2H3. The summed E-state index contributed by atoms with van der Waals surface area (Å²) in [6.45, 7) is 11.0. The number of ether oxygens (including phenoxy) is 3. The van der Waals surface area contributed by atoms with Crippen LogP contribution in [0.25, 0.3) is 0 Å². The molecule has 0 radical (unpaired) electrons. The predicted molar refractivity (Wildman–Crippen MR) is 260 cm³/mol. The molecule has 0 saturated heterocycles. The number of rotatable bonds is 11. The Labute approximate surface area is 395 Å². The second kappa shape index (κ2) is 21.4. The number of benzene rings is 6. The fraction of sp³-hybridized carbons (Fsp3) is 0.132. The van der Waals surface area contributed by atoms with Gasteiger partial charge in [0.1, 0.15) is 11.5 Å².